The van der Waals surface area contributed by atoms with Crippen LogP contribution >= 0.6 is 0 Å². The minimum Gasteiger partial charge on any atom is -0.493 e. The van der Waals surface area contributed by atoms with Crippen molar-refractivity contribution in [3.8, 4) is 17.2 Å². The van der Waals surface area contributed by atoms with E-state index in [9.17, 15) is 4.79 Å². The standard InChI is InChI=1S/C22H30N4O5/c1-23-22(26-13-11-25(12-14-26)21(27)18-6-5-15-31-18)24-10-9-16-7-8-17(28-2)20(30-4)19(16)29-3/h5-8,15H,9-14H2,1-4H3,(H,23,24). The van der Waals surface area contributed by atoms with E-state index in [1.54, 1.807) is 45.4 Å². The van der Waals surface area contributed by atoms with E-state index in [0.29, 0.717) is 55.7 Å². The highest BCUT2D eigenvalue weighted by Gasteiger charge is 2.25. The van der Waals surface area contributed by atoms with Crippen molar-refractivity contribution in [2.45, 2.75) is 6.42 Å². The Morgan fingerprint density at radius 2 is 1.74 bits per heavy atom. The topological polar surface area (TPSA) is 88.8 Å². The van der Waals surface area contributed by atoms with Crippen molar-refractivity contribution in [3.63, 3.8) is 0 Å². The van der Waals surface area contributed by atoms with Crippen LogP contribution < -0.4 is 19.5 Å². The summed E-state index contributed by atoms with van der Waals surface area (Å²) in [6, 6.07) is 7.27. The molecular formula is C22H30N4O5. The normalized spacial score (nSPS) is 14.4. The SMILES string of the molecule is CN=C(NCCc1ccc(OC)c(OC)c1OC)N1CCN(C(=O)c2ccco2)CC1. The van der Waals surface area contributed by atoms with E-state index >= 15 is 0 Å². The molecule has 1 N–H and O–H groups in total. The summed E-state index contributed by atoms with van der Waals surface area (Å²) in [6.07, 6.45) is 2.24. The van der Waals surface area contributed by atoms with Crippen molar-refractivity contribution in [3.05, 3.63) is 41.9 Å². The summed E-state index contributed by atoms with van der Waals surface area (Å²) in [7, 11) is 6.58. The summed E-state index contributed by atoms with van der Waals surface area (Å²) in [6.45, 7) is 3.30. The van der Waals surface area contributed by atoms with Crippen LogP contribution in [0.25, 0.3) is 0 Å². The molecule has 168 valence electrons. The van der Waals surface area contributed by atoms with E-state index < -0.39 is 0 Å². The van der Waals surface area contributed by atoms with Gasteiger partial charge in [0.2, 0.25) is 5.75 Å². The molecule has 0 radical (unpaired) electrons. The smallest absolute Gasteiger partial charge is 0.289 e. The van der Waals surface area contributed by atoms with E-state index in [4.69, 9.17) is 18.6 Å². The van der Waals surface area contributed by atoms with E-state index in [0.717, 1.165) is 17.9 Å². The Hall–Kier alpha value is -3.36. The predicted molar refractivity (Wildman–Crippen MR) is 117 cm³/mol. The van der Waals surface area contributed by atoms with Gasteiger partial charge in [-0.05, 0) is 24.6 Å². The highest BCUT2D eigenvalue weighted by Crippen LogP contribution is 2.39. The van der Waals surface area contributed by atoms with Crippen molar-refractivity contribution in [1.82, 2.24) is 15.1 Å². The molecule has 1 aromatic carbocycles. The van der Waals surface area contributed by atoms with E-state index in [1.807, 2.05) is 12.1 Å². The number of rotatable bonds is 7. The summed E-state index contributed by atoms with van der Waals surface area (Å²) in [5.41, 5.74) is 1.01. The average Bonchev–Trinajstić information content (AvgIpc) is 3.36. The van der Waals surface area contributed by atoms with Crippen molar-refractivity contribution >= 4 is 11.9 Å². The predicted octanol–water partition coefficient (Wildman–Crippen LogP) is 1.88. The van der Waals surface area contributed by atoms with Gasteiger partial charge < -0.3 is 33.7 Å². The second-order valence-corrected chi connectivity index (χ2v) is 6.97. The zero-order valence-electron chi connectivity index (χ0n) is 18.5. The van der Waals surface area contributed by atoms with Gasteiger partial charge in [0.15, 0.2) is 23.2 Å². The van der Waals surface area contributed by atoms with Crippen LogP contribution in [-0.4, -0.2) is 82.8 Å². The fourth-order valence-electron chi connectivity index (χ4n) is 3.68. The molecule has 0 saturated carbocycles. The molecule has 1 saturated heterocycles. The lowest BCUT2D eigenvalue weighted by atomic mass is 10.1. The van der Waals surface area contributed by atoms with Crippen molar-refractivity contribution in [2.24, 2.45) is 4.99 Å². The number of benzene rings is 1. The highest BCUT2D eigenvalue weighted by molar-refractivity contribution is 5.91. The van der Waals surface area contributed by atoms with Crippen LogP contribution in [0.1, 0.15) is 16.1 Å². The summed E-state index contributed by atoms with van der Waals surface area (Å²) in [5.74, 6) is 3.00. The molecule has 0 bridgehead atoms. The maximum Gasteiger partial charge on any atom is 0.289 e. The van der Waals surface area contributed by atoms with Gasteiger partial charge in [-0.3, -0.25) is 9.79 Å². The fraction of sp³-hybridized carbons (Fsp3) is 0.455. The summed E-state index contributed by atoms with van der Waals surface area (Å²) in [4.78, 5) is 20.8. The molecule has 0 unspecified atom stereocenters. The van der Waals surface area contributed by atoms with Crippen LogP contribution in [0.5, 0.6) is 17.2 Å². The molecule has 1 fully saturated rings. The molecule has 0 spiro atoms. The molecule has 9 heteroatoms. The van der Waals surface area contributed by atoms with Crippen molar-refractivity contribution in [1.29, 1.82) is 0 Å². The fourth-order valence-corrected chi connectivity index (χ4v) is 3.68. The first-order chi connectivity index (χ1) is 15.1. The molecular weight excluding hydrogens is 400 g/mol. The first-order valence-corrected chi connectivity index (χ1v) is 10.2. The van der Waals surface area contributed by atoms with Gasteiger partial charge in [0.05, 0.1) is 27.6 Å². The molecule has 3 rings (SSSR count). The average molecular weight is 431 g/mol. The molecule has 9 nitrogen and oxygen atoms in total. The molecule has 1 aromatic heterocycles. The number of carbonyl (C=O) groups excluding carboxylic acids is 1. The number of aliphatic imine (C=N–C) groups is 1. The Balaban J connectivity index is 1.54. The van der Waals surface area contributed by atoms with Crippen LogP contribution in [0.3, 0.4) is 0 Å². The van der Waals surface area contributed by atoms with Crippen molar-refractivity contribution in [2.75, 3.05) is 61.1 Å². The largest absolute Gasteiger partial charge is 0.493 e. The maximum absolute atomic E-state index is 12.4. The maximum atomic E-state index is 12.4. The first kappa shape index (κ1) is 22.3. The van der Waals surface area contributed by atoms with E-state index in [-0.39, 0.29) is 5.91 Å². The van der Waals surface area contributed by atoms with Crippen LogP contribution in [-0.2, 0) is 6.42 Å². The van der Waals surface area contributed by atoms with Gasteiger partial charge in [-0.1, -0.05) is 6.07 Å². The first-order valence-electron chi connectivity index (χ1n) is 10.2. The summed E-state index contributed by atoms with van der Waals surface area (Å²) in [5, 5.41) is 3.40. The molecule has 1 aliphatic rings. The highest BCUT2D eigenvalue weighted by atomic mass is 16.5. The quantitative estimate of drug-likeness (QED) is 0.530. The third kappa shape index (κ3) is 5.04. The molecule has 0 atom stereocenters. The minimum absolute atomic E-state index is 0.0758. The van der Waals surface area contributed by atoms with Crippen LogP contribution in [0.15, 0.2) is 39.9 Å². The van der Waals surface area contributed by atoms with Gasteiger partial charge in [0.1, 0.15) is 0 Å². The number of methoxy groups -OCH3 is 3. The van der Waals surface area contributed by atoms with Gasteiger partial charge in [0.25, 0.3) is 5.91 Å². The molecule has 2 aromatic rings. The minimum atomic E-state index is -0.0758. The second kappa shape index (κ2) is 10.6. The lowest BCUT2D eigenvalue weighted by Crippen LogP contribution is -2.54. The number of amides is 1. The number of ether oxygens (including phenoxy) is 3. The molecule has 31 heavy (non-hydrogen) atoms. The molecule has 1 aliphatic heterocycles. The van der Waals surface area contributed by atoms with Crippen LogP contribution in [0.2, 0.25) is 0 Å². The van der Waals surface area contributed by atoms with Gasteiger partial charge >= 0.3 is 0 Å². The number of piperazine rings is 1. The number of nitrogens with zero attached hydrogens (tertiary/aromatic N) is 3. The Morgan fingerprint density at radius 1 is 1.03 bits per heavy atom. The lowest BCUT2D eigenvalue weighted by molar-refractivity contribution is 0.0658. The third-order valence-corrected chi connectivity index (χ3v) is 5.27. The number of guanidine groups is 1. The Bertz CT molecular complexity index is 890. The Kier molecular flexibility index (Phi) is 7.64. The van der Waals surface area contributed by atoms with Gasteiger partial charge in [-0.25, -0.2) is 0 Å². The number of hydrogen-bond acceptors (Lipinski definition) is 6. The van der Waals surface area contributed by atoms with Crippen molar-refractivity contribution < 1.29 is 23.4 Å². The Morgan fingerprint density at radius 3 is 2.32 bits per heavy atom. The van der Waals surface area contributed by atoms with Gasteiger partial charge in [0, 0.05) is 45.3 Å². The molecule has 2 heterocycles. The Labute approximate surface area is 182 Å². The van der Waals surface area contributed by atoms with E-state index in [1.165, 1.54) is 6.26 Å². The molecule has 1 amide bonds. The monoisotopic (exact) mass is 430 g/mol. The van der Waals surface area contributed by atoms with Gasteiger partial charge in [-0.15, -0.1) is 0 Å². The lowest BCUT2D eigenvalue weighted by Gasteiger charge is -2.36. The van der Waals surface area contributed by atoms with E-state index in [2.05, 4.69) is 15.2 Å². The third-order valence-electron chi connectivity index (χ3n) is 5.27. The van der Waals surface area contributed by atoms with Crippen LogP contribution in [0, 0.1) is 0 Å². The van der Waals surface area contributed by atoms with Crippen LogP contribution in [0.4, 0.5) is 0 Å². The second-order valence-electron chi connectivity index (χ2n) is 6.97. The summed E-state index contributed by atoms with van der Waals surface area (Å²) >= 11 is 0. The van der Waals surface area contributed by atoms with Gasteiger partial charge in [-0.2, -0.15) is 0 Å². The number of carbonyl (C=O) groups is 1. The number of nitrogens with one attached hydrogen (secondary N) is 1. The number of hydrogen-bond donors (Lipinski definition) is 1. The zero-order chi connectivity index (χ0) is 22.2. The number of furan rings is 1. The zero-order valence-corrected chi connectivity index (χ0v) is 18.5. The molecule has 0 aliphatic carbocycles. The summed E-state index contributed by atoms with van der Waals surface area (Å²) < 4.78 is 21.6.